The van der Waals surface area contributed by atoms with Crippen LogP contribution in [0.5, 0.6) is 0 Å². The second-order valence-electron chi connectivity index (χ2n) is 16.8. The van der Waals surface area contributed by atoms with Gasteiger partial charge in [-0.05, 0) is 12.8 Å². The standard InChI is InChI=1S/C46H94NO6P/c1-3-5-7-9-11-13-15-17-19-20-21-22-23-24-25-26-27-28-30-32-34-36-38-40-42-46(49)47-44(43-53-54(50,51)52)45(48)41-39-37-35-33-31-29-18-16-14-12-10-8-6-4-2/h44-45,48H,3-43H2,1-2H3,(H,47,49)(H2,50,51,52)/t44-,45+/m0/s1. The molecule has 0 spiro atoms. The van der Waals surface area contributed by atoms with Crippen molar-refractivity contribution in [3.8, 4) is 0 Å². The number of phosphoric ester groups is 1. The zero-order valence-corrected chi connectivity index (χ0v) is 37.1. The molecule has 0 aromatic heterocycles. The largest absolute Gasteiger partial charge is 0.469 e. The van der Waals surface area contributed by atoms with Gasteiger partial charge in [0.15, 0.2) is 0 Å². The van der Waals surface area contributed by atoms with Crippen LogP contribution in [0.15, 0.2) is 0 Å². The van der Waals surface area contributed by atoms with E-state index in [0.29, 0.717) is 12.8 Å². The number of hydrogen-bond acceptors (Lipinski definition) is 4. The Morgan fingerprint density at radius 1 is 0.463 bits per heavy atom. The van der Waals surface area contributed by atoms with Crippen LogP contribution >= 0.6 is 7.82 Å². The summed E-state index contributed by atoms with van der Waals surface area (Å²) in [6.45, 7) is 4.15. The molecule has 0 bridgehead atoms. The third-order valence-corrected chi connectivity index (χ3v) is 11.8. The molecule has 0 heterocycles. The second-order valence-corrected chi connectivity index (χ2v) is 18.0. The van der Waals surface area contributed by atoms with Crippen molar-refractivity contribution in [3.05, 3.63) is 0 Å². The second kappa shape index (κ2) is 42.2. The van der Waals surface area contributed by atoms with E-state index >= 15 is 0 Å². The van der Waals surface area contributed by atoms with Gasteiger partial charge in [-0.3, -0.25) is 9.32 Å². The molecule has 0 radical (unpaired) electrons. The molecule has 1 amide bonds. The van der Waals surface area contributed by atoms with Gasteiger partial charge in [0.25, 0.3) is 0 Å². The molecule has 0 rings (SSSR count). The van der Waals surface area contributed by atoms with Crippen molar-refractivity contribution in [1.82, 2.24) is 5.32 Å². The van der Waals surface area contributed by atoms with Crippen LogP contribution in [0, 0.1) is 0 Å². The van der Waals surface area contributed by atoms with Gasteiger partial charge in [0, 0.05) is 6.42 Å². The lowest BCUT2D eigenvalue weighted by molar-refractivity contribution is -0.123. The van der Waals surface area contributed by atoms with E-state index in [-0.39, 0.29) is 5.91 Å². The van der Waals surface area contributed by atoms with Gasteiger partial charge in [0.2, 0.25) is 5.91 Å². The quantitative estimate of drug-likeness (QED) is 0.0361. The summed E-state index contributed by atoms with van der Waals surface area (Å²) < 4.78 is 16.0. The Morgan fingerprint density at radius 3 is 1.00 bits per heavy atom. The molecule has 0 unspecified atom stereocenters. The first-order valence-electron chi connectivity index (χ1n) is 24.0. The SMILES string of the molecule is CCCCCCCCCCCCCCCCCCCCCCCCCCC(=O)N[C@@H](COP(=O)(O)O)[C@H](O)CCCCCCCCCCCCCCCC. The molecule has 0 saturated carbocycles. The van der Waals surface area contributed by atoms with Crippen molar-refractivity contribution in [1.29, 1.82) is 0 Å². The van der Waals surface area contributed by atoms with Gasteiger partial charge in [0.05, 0.1) is 18.8 Å². The summed E-state index contributed by atoms with van der Waals surface area (Å²) in [5, 5.41) is 13.6. The number of aliphatic hydroxyl groups excluding tert-OH is 1. The van der Waals surface area contributed by atoms with E-state index in [9.17, 15) is 24.3 Å². The summed E-state index contributed by atoms with van der Waals surface area (Å²) in [5.74, 6) is -0.187. The maximum atomic E-state index is 12.6. The summed E-state index contributed by atoms with van der Waals surface area (Å²) in [4.78, 5) is 31.0. The maximum absolute atomic E-state index is 12.6. The average molecular weight is 788 g/mol. The van der Waals surface area contributed by atoms with Crippen LogP contribution in [0.1, 0.15) is 271 Å². The van der Waals surface area contributed by atoms with Crippen molar-refractivity contribution in [3.63, 3.8) is 0 Å². The van der Waals surface area contributed by atoms with E-state index in [0.717, 1.165) is 38.5 Å². The predicted octanol–water partition coefficient (Wildman–Crippen LogP) is 14.6. The Labute approximate surface area is 336 Å². The van der Waals surface area contributed by atoms with Gasteiger partial charge in [-0.25, -0.2) is 4.57 Å². The van der Waals surface area contributed by atoms with Crippen LogP contribution in [0.25, 0.3) is 0 Å². The fraction of sp³-hybridized carbons (Fsp3) is 0.978. The lowest BCUT2D eigenvalue weighted by Crippen LogP contribution is -2.46. The Kier molecular flexibility index (Phi) is 41.8. The molecular weight excluding hydrogens is 693 g/mol. The van der Waals surface area contributed by atoms with Crippen molar-refractivity contribution in [2.75, 3.05) is 6.61 Å². The van der Waals surface area contributed by atoms with Crippen molar-refractivity contribution in [2.24, 2.45) is 0 Å². The highest BCUT2D eigenvalue weighted by Crippen LogP contribution is 2.36. The molecule has 0 aromatic rings. The van der Waals surface area contributed by atoms with E-state index < -0.39 is 26.6 Å². The zero-order chi connectivity index (χ0) is 39.6. The minimum atomic E-state index is -4.69. The monoisotopic (exact) mass is 788 g/mol. The number of nitrogens with one attached hydrogen (secondary N) is 1. The average Bonchev–Trinajstić information content (AvgIpc) is 3.14. The first-order valence-corrected chi connectivity index (χ1v) is 25.5. The number of hydrogen-bond donors (Lipinski definition) is 4. The highest BCUT2D eigenvalue weighted by molar-refractivity contribution is 7.46. The smallest absolute Gasteiger partial charge is 0.391 e. The highest BCUT2D eigenvalue weighted by Gasteiger charge is 2.25. The number of rotatable bonds is 45. The zero-order valence-electron chi connectivity index (χ0n) is 36.2. The number of phosphoric acid groups is 1. The van der Waals surface area contributed by atoms with Crippen LogP contribution in [0.3, 0.4) is 0 Å². The molecule has 0 aliphatic rings. The number of carbonyl (C=O) groups is 1. The van der Waals surface area contributed by atoms with Gasteiger partial charge in [-0.15, -0.1) is 0 Å². The summed E-state index contributed by atoms with van der Waals surface area (Å²) in [7, 11) is -4.69. The number of carbonyl (C=O) groups excluding carboxylic acids is 1. The van der Waals surface area contributed by atoms with Gasteiger partial charge in [-0.1, -0.05) is 251 Å². The lowest BCUT2D eigenvalue weighted by Gasteiger charge is -2.24. The van der Waals surface area contributed by atoms with E-state index in [1.54, 1.807) is 0 Å². The summed E-state index contributed by atoms with van der Waals surface area (Å²) in [6.07, 6.45) is 49.6. The molecule has 0 fully saturated rings. The van der Waals surface area contributed by atoms with Gasteiger partial charge < -0.3 is 20.2 Å². The Bertz CT molecular complexity index is 808. The maximum Gasteiger partial charge on any atom is 0.469 e. The lowest BCUT2D eigenvalue weighted by atomic mass is 10.0. The van der Waals surface area contributed by atoms with Crippen LogP contribution < -0.4 is 5.32 Å². The predicted molar refractivity (Wildman–Crippen MR) is 232 cm³/mol. The Hall–Kier alpha value is -0.460. The van der Waals surface area contributed by atoms with Crippen molar-refractivity contribution < 1.29 is 28.8 Å². The molecular formula is C46H94NO6P. The number of aliphatic hydroxyl groups is 1. The minimum absolute atomic E-state index is 0.187. The number of unbranched alkanes of at least 4 members (excludes halogenated alkanes) is 36. The van der Waals surface area contributed by atoms with Crippen molar-refractivity contribution in [2.45, 2.75) is 283 Å². The topological polar surface area (TPSA) is 116 Å². The molecule has 0 aliphatic heterocycles. The first kappa shape index (κ1) is 53.5. The van der Waals surface area contributed by atoms with Crippen LogP contribution in [0.2, 0.25) is 0 Å². The molecule has 0 saturated heterocycles. The van der Waals surface area contributed by atoms with E-state index in [1.165, 1.54) is 205 Å². The third-order valence-electron chi connectivity index (χ3n) is 11.3. The Morgan fingerprint density at radius 2 is 0.722 bits per heavy atom. The fourth-order valence-electron chi connectivity index (χ4n) is 7.70. The van der Waals surface area contributed by atoms with Gasteiger partial charge in [-0.2, -0.15) is 0 Å². The van der Waals surface area contributed by atoms with E-state index in [1.807, 2.05) is 0 Å². The molecule has 7 nitrogen and oxygen atoms in total. The molecule has 54 heavy (non-hydrogen) atoms. The summed E-state index contributed by atoms with van der Waals surface area (Å²) in [6, 6.07) is -0.818. The van der Waals surface area contributed by atoms with E-state index in [4.69, 9.17) is 0 Å². The Balaban J connectivity index is 3.75. The molecule has 0 aromatic carbocycles. The minimum Gasteiger partial charge on any atom is -0.391 e. The number of amides is 1. The molecule has 324 valence electrons. The molecule has 0 aliphatic carbocycles. The summed E-state index contributed by atoms with van der Waals surface area (Å²) >= 11 is 0. The molecule has 8 heteroatoms. The van der Waals surface area contributed by atoms with Gasteiger partial charge in [0.1, 0.15) is 0 Å². The van der Waals surface area contributed by atoms with Crippen LogP contribution in [0.4, 0.5) is 0 Å². The van der Waals surface area contributed by atoms with Gasteiger partial charge >= 0.3 is 7.82 Å². The van der Waals surface area contributed by atoms with Crippen molar-refractivity contribution >= 4 is 13.7 Å². The first-order chi connectivity index (χ1) is 26.3. The normalized spacial score (nSPS) is 13.1. The van der Waals surface area contributed by atoms with Crippen LogP contribution in [-0.2, 0) is 13.9 Å². The fourth-order valence-corrected chi connectivity index (χ4v) is 8.06. The molecule has 2 atom stereocenters. The highest BCUT2D eigenvalue weighted by atomic mass is 31.2. The summed E-state index contributed by atoms with van der Waals surface area (Å²) in [5.41, 5.74) is 0. The van der Waals surface area contributed by atoms with E-state index in [2.05, 4.69) is 23.7 Å². The molecule has 4 N–H and O–H groups in total. The third kappa shape index (κ3) is 42.7. The van der Waals surface area contributed by atoms with Crippen LogP contribution in [-0.4, -0.2) is 39.6 Å².